The maximum absolute atomic E-state index is 12.0. The first kappa shape index (κ1) is 15.5. The lowest BCUT2D eigenvalue weighted by Gasteiger charge is -2.17. The molecule has 4 unspecified atom stereocenters. The molecule has 1 fully saturated rings. The normalized spacial score (nSPS) is 24.0. The Bertz CT molecular complexity index is 460. The summed E-state index contributed by atoms with van der Waals surface area (Å²) < 4.78 is 1.06. The van der Waals surface area contributed by atoms with Crippen LogP contribution in [0.3, 0.4) is 0 Å². The van der Waals surface area contributed by atoms with E-state index in [0.717, 1.165) is 17.3 Å². The Morgan fingerprint density at radius 1 is 1.45 bits per heavy atom. The molecule has 1 aliphatic rings. The highest BCUT2D eigenvalue weighted by molar-refractivity contribution is 9.10. The Morgan fingerprint density at radius 2 is 2.10 bits per heavy atom. The van der Waals surface area contributed by atoms with E-state index in [1.54, 1.807) is 0 Å². The fourth-order valence-corrected chi connectivity index (χ4v) is 2.64. The standard InChI is InChI=1S/C16H22BrNO2/c1-3-10(2)15(19)9-18-16(20)14-8-13(14)11-4-6-12(17)7-5-11/h4-7,10,13-15,19H,3,8-9H2,1-2H3,(H,18,20). The van der Waals surface area contributed by atoms with Crippen LogP contribution in [0, 0.1) is 11.8 Å². The van der Waals surface area contributed by atoms with Crippen molar-refractivity contribution in [1.29, 1.82) is 0 Å². The lowest BCUT2D eigenvalue weighted by molar-refractivity contribution is -0.123. The van der Waals surface area contributed by atoms with Crippen LogP contribution in [0.5, 0.6) is 0 Å². The molecule has 110 valence electrons. The van der Waals surface area contributed by atoms with Crippen LogP contribution in [-0.2, 0) is 4.79 Å². The molecule has 1 amide bonds. The first-order valence-corrected chi connectivity index (χ1v) is 8.03. The van der Waals surface area contributed by atoms with Gasteiger partial charge in [-0.2, -0.15) is 0 Å². The van der Waals surface area contributed by atoms with Crippen molar-refractivity contribution >= 4 is 21.8 Å². The van der Waals surface area contributed by atoms with Crippen LogP contribution >= 0.6 is 15.9 Å². The number of benzene rings is 1. The third-order valence-electron chi connectivity index (χ3n) is 4.21. The molecule has 0 bridgehead atoms. The third-order valence-corrected chi connectivity index (χ3v) is 4.74. The van der Waals surface area contributed by atoms with Crippen LogP contribution < -0.4 is 5.32 Å². The summed E-state index contributed by atoms with van der Waals surface area (Å²) in [6.07, 6.45) is 1.38. The highest BCUT2D eigenvalue weighted by Crippen LogP contribution is 2.47. The molecule has 3 nitrogen and oxygen atoms in total. The van der Waals surface area contributed by atoms with Crippen LogP contribution in [0.2, 0.25) is 0 Å². The average Bonchev–Trinajstić information content (AvgIpc) is 3.24. The van der Waals surface area contributed by atoms with Crippen LogP contribution in [-0.4, -0.2) is 23.7 Å². The molecule has 1 saturated carbocycles. The molecule has 0 aromatic heterocycles. The fourth-order valence-electron chi connectivity index (χ4n) is 2.37. The van der Waals surface area contributed by atoms with Gasteiger partial charge in [0.1, 0.15) is 0 Å². The second kappa shape index (κ2) is 6.72. The zero-order valence-corrected chi connectivity index (χ0v) is 13.6. The van der Waals surface area contributed by atoms with E-state index in [1.165, 1.54) is 5.56 Å². The first-order valence-electron chi connectivity index (χ1n) is 7.24. The van der Waals surface area contributed by atoms with E-state index in [2.05, 4.69) is 33.4 Å². The molecule has 0 aliphatic heterocycles. The predicted molar refractivity (Wildman–Crippen MR) is 83.5 cm³/mol. The van der Waals surface area contributed by atoms with Crippen molar-refractivity contribution in [2.45, 2.75) is 38.7 Å². The second-order valence-corrected chi connectivity index (χ2v) is 6.61. The molecular weight excluding hydrogens is 318 g/mol. The van der Waals surface area contributed by atoms with Gasteiger partial charge in [0.15, 0.2) is 0 Å². The van der Waals surface area contributed by atoms with Crippen LogP contribution in [0.4, 0.5) is 0 Å². The van der Waals surface area contributed by atoms with Crippen molar-refractivity contribution in [2.24, 2.45) is 11.8 Å². The minimum absolute atomic E-state index is 0.0697. The summed E-state index contributed by atoms with van der Waals surface area (Å²) in [5.41, 5.74) is 1.22. The maximum Gasteiger partial charge on any atom is 0.223 e. The van der Waals surface area contributed by atoms with Gasteiger partial charge in [-0.3, -0.25) is 4.79 Å². The molecule has 4 heteroatoms. The summed E-state index contributed by atoms with van der Waals surface area (Å²) in [6.45, 7) is 4.40. The van der Waals surface area contributed by atoms with Gasteiger partial charge in [0.05, 0.1) is 6.10 Å². The minimum Gasteiger partial charge on any atom is -0.391 e. The van der Waals surface area contributed by atoms with Crippen LogP contribution in [0.1, 0.15) is 38.2 Å². The zero-order valence-electron chi connectivity index (χ0n) is 12.0. The van der Waals surface area contributed by atoms with Gasteiger partial charge in [0, 0.05) is 16.9 Å². The number of carbonyl (C=O) groups excluding carboxylic acids is 1. The number of amides is 1. The molecule has 20 heavy (non-hydrogen) atoms. The van der Waals surface area contributed by atoms with Crippen molar-refractivity contribution < 1.29 is 9.90 Å². The van der Waals surface area contributed by atoms with E-state index in [1.807, 2.05) is 26.0 Å². The summed E-state index contributed by atoms with van der Waals surface area (Å²) in [5.74, 6) is 0.696. The van der Waals surface area contributed by atoms with E-state index >= 15 is 0 Å². The highest BCUT2D eigenvalue weighted by Gasteiger charge is 2.43. The molecule has 0 heterocycles. The Balaban J connectivity index is 1.80. The highest BCUT2D eigenvalue weighted by atomic mass is 79.9. The Labute approximate surface area is 128 Å². The Hall–Kier alpha value is -0.870. The Kier molecular flexibility index (Phi) is 5.22. The number of hydrogen-bond acceptors (Lipinski definition) is 2. The first-order chi connectivity index (χ1) is 9.52. The molecule has 2 N–H and O–H groups in total. The SMILES string of the molecule is CCC(C)C(O)CNC(=O)C1CC1c1ccc(Br)cc1. The lowest BCUT2D eigenvalue weighted by atomic mass is 10.0. The molecule has 2 rings (SSSR count). The summed E-state index contributed by atoms with van der Waals surface area (Å²) in [4.78, 5) is 12.0. The zero-order chi connectivity index (χ0) is 14.7. The van der Waals surface area contributed by atoms with Gasteiger partial charge in [-0.1, -0.05) is 48.3 Å². The van der Waals surface area contributed by atoms with Crippen molar-refractivity contribution in [1.82, 2.24) is 5.32 Å². The third kappa shape index (κ3) is 3.83. The fraction of sp³-hybridized carbons (Fsp3) is 0.562. The summed E-state index contributed by atoms with van der Waals surface area (Å²) in [7, 11) is 0. The van der Waals surface area contributed by atoms with Crippen molar-refractivity contribution in [3.8, 4) is 0 Å². The molecule has 1 aliphatic carbocycles. The number of halogens is 1. The molecular formula is C16H22BrNO2. The van der Waals surface area contributed by atoms with Gasteiger partial charge in [0.2, 0.25) is 5.91 Å². The van der Waals surface area contributed by atoms with Crippen LogP contribution in [0.25, 0.3) is 0 Å². The van der Waals surface area contributed by atoms with E-state index in [-0.39, 0.29) is 17.7 Å². The van der Waals surface area contributed by atoms with E-state index in [4.69, 9.17) is 0 Å². The largest absolute Gasteiger partial charge is 0.391 e. The number of aliphatic hydroxyl groups is 1. The maximum atomic E-state index is 12.0. The van der Waals surface area contributed by atoms with Gasteiger partial charge < -0.3 is 10.4 Å². The van der Waals surface area contributed by atoms with Crippen molar-refractivity contribution in [3.05, 3.63) is 34.3 Å². The quantitative estimate of drug-likeness (QED) is 0.836. The van der Waals surface area contributed by atoms with E-state index in [0.29, 0.717) is 12.5 Å². The number of carbonyl (C=O) groups is 1. The van der Waals surface area contributed by atoms with Gasteiger partial charge in [-0.25, -0.2) is 0 Å². The van der Waals surface area contributed by atoms with Gasteiger partial charge in [0.25, 0.3) is 0 Å². The predicted octanol–water partition coefficient (Wildman–Crippen LogP) is 3.08. The van der Waals surface area contributed by atoms with Crippen molar-refractivity contribution in [2.75, 3.05) is 6.54 Å². The van der Waals surface area contributed by atoms with Gasteiger partial charge >= 0.3 is 0 Å². The summed E-state index contributed by atoms with van der Waals surface area (Å²) in [6, 6.07) is 8.15. The summed E-state index contributed by atoms with van der Waals surface area (Å²) in [5, 5.41) is 12.7. The monoisotopic (exact) mass is 339 g/mol. The van der Waals surface area contributed by atoms with E-state index in [9.17, 15) is 9.90 Å². The number of rotatable bonds is 6. The van der Waals surface area contributed by atoms with Crippen LogP contribution in [0.15, 0.2) is 28.7 Å². The van der Waals surface area contributed by atoms with Gasteiger partial charge in [-0.05, 0) is 36.0 Å². The minimum atomic E-state index is -0.450. The molecule has 0 spiro atoms. The van der Waals surface area contributed by atoms with Crippen molar-refractivity contribution in [3.63, 3.8) is 0 Å². The topological polar surface area (TPSA) is 49.3 Å². The second-order valence-electron chi connectivity index (χ2n) is 5.70. The van der Waals surface area contributed by atoms with Gasteiger partial charge in [-0.15, -0.1) is 0 Å². The van der Waals surface area contributed by atoms with E-state index < -0.39 is 6.10 Å². The molecule has 1 aromatic carbocycles. The lowest BCUT2D eigenvalue weighted by Crippen LogP contribution is -2.36. The molecule has 0 saturated heterocycles. The number of nitrogens with one attached hydrogen (secondary N) is 1. The number of aliphatic hydroxyl groups excluding tert-OH is 1. The molecule has 4 atom stereocenters. The Morgan fingerprint density at radius 3 is 2.70 bits per heavy atom. The smallest absolute Gasteiger partial charge is 0.223 e. The number of hydrogen-bond donors (Lipinski definition) is 2. The average molecular weight is 340 g/mol. The summed E-state index contributed by atoms with van der Waals surface area (Å²) >= 11 is 3.41. The molecule has 1 aromatic rings. The molecule has 0 radical (unpaired) electrons.